The van der Waals surface area contributed by atoms with E-state index in [9.17, 15) is 0 Å². The van der Waals surface area contributed by atoms with Gasteiger partial charge >= 0.3 is 0 Å². The highest BCUT2D eigenvalue weighted by Crippen LogP contribution is 2.19. The average molecular weight is 177 g/mol. The fraction of sp³-hybridized carbons (Fsp3) is 0.727. The summed E-state index contributed by atoms with van der Waals surface area (Å²) in [6.07, 6.45) is 3.92. The summed E-state index contributed by atoms with van der Waals surface area (Å²) in [5, 5.41) is -0.326. The van der Waals surface area contributed by atoms with Crippen LogP contribution in [0, 0.1) is 5.41 Å². The summed E-state index contributed by atoms with van der Waals surface area (Å²) in [4.78, 5) is 4.29. The van der Waals surface area contributed by atoms with Crippen molar-refractivity contribution in [3.63, 3.8) is 0 Å². The van der Waals surface area contributed by atoms with Crippen molar-refractivity contribution in [3.8, 4) is 0 Å². The molecule has 0 aliphatic heterocycles. The standard InChI is InChI=1S/C11H20BN/c1-9(7-10(2,3)4)13-8-11(5,6)12/h7-8H,1-6H3/b9-7-,13-8?. The first-order chi connectivity index (χ1) is 5.60. The van der Waals surface area contributed by atoms with E-state index >= 15 is 0 Å². The first kappa shape index (κ1) is 12.5. The SMILES string of the molecule is [B]C(C)(C)C=N/C(C)=C\C(C)(C)C. The number of allylic oxidation sites excluding steroid dienone is 2. The molecule has 0 atom stereocenters. The van der Waals surface area contributed by atoms with Gasteiger partial charge in [-0.3, -0.25) is 4.99 Å². The molecule has 1 nitrogen and oxygen atoms in total. The molecule has 13 heavy (non-hydrogen) atoms. The van der Waals surface area contributed by atoms with E-state index in [1.54, 1.807) is 6.21 Å². The minimum Gasteiger partial charge on any atom is -0.267 e. The minimum absolute atomic E-state index is 0.181. The third-order valence-corrected chi connectivity index (χ3v) is 1.24. The highest BCUT2D eigenvalue weighted by molar-refractivity contribution is 6.24. The Labute approximate surface area is 83.7 Å². The van der Waals surface area contributed by atoms with E-state index in [1.807, 2.05) is 20.8 Å². The fourth-order valence-corrected chi connectivity index (χ4v) is 0.932. The maximum atomic E-state index is 5.77. The molecule has 0 rings (SSSR count). The van der Waals surface area contributed by atoms with Gasteiger partial charge in [-0.05, 0) is 17.7 Å². The molecule has 0 N–H and O–H groups in total. The van der Waals surface area contributed by atoms with Crippen LogP contribution >= 0.6 is 0 Å². The number of aliphatic imine (C=N–C) groups is 1. The molecule has 72 valence electrons. The van der Waals surface area contributed by atoms with Crippen molar-refractivity contribution in [1.29, 1.82) is 0 Å². The normalized spacial score (nSPS) is 15.4. The maximum Gasteiger partial charge on any atom is 0.0815 e. The van der Waals surface area contributed by atoms with Gasteiger partial charge in [0, 0.05) is 11.9 Å². The number of nitrogens with zero attached hydrogens (tertiary/aromatic N) is 1. The van der Waals surface area contributed by atoms with Gasteiger partial charge in [0.2, 0.25) is 0 Å². The zero-order valence-corrected chi connectivity index (χ0v) is 9.68. The highest BCUT2D eigenvalue weighted by Gasteiger charge is 2.07. The van der Waals surface area contributed by atoms with E-state index in [0.29, 0.717) is 0 Å². The largest absolute Gasteiger partial charge is 0.267 e. The van der Waals surface area contributed by atoms with Crippen molar-refractivity contribution in [2.24, 2.45) is 10.4 Å². The average Bonchev–Trinajstić information content (AvgIpc) is 1.78. The Kier molecular flexibility index (Phi) is 3.96. The van der Waals surface area contributed by atoms with Gasteiger partial charge in [-0.2, -0.15) is 0 Å². The monoisotopic (exact) mass is 177 g/mol. The minimum atomic E-state index is -0.326. The second-order valence-electron chi connectivity index (χ2n) is 5.23. The third-order valence-electron chi connectivity index (χ3n) is 1.24. The molecule has 0 aromatic heterocycles. The van der Waals surface area contributed by atoms with E-state index in [-0.39, 0.29) is 10.7 Å². The van der Waals surface area contributed by atoms with Gasteiger partial charge in [0.15, 0.2) is 0 Å². The summed E-state index contributed by atoms with van der Waals surface area (Å²) in [6, 6.07) is 0. The van der Waals surface area contributed by atoms with Crippen LogP contribution in [0.2, 0.25) is 5.31 Å². The summed E-state index contributed by atoms with van der Waals surface area (Å²) >= 11 is 0. The number of hydrogen-bond donors (Lipinski definition) is 0. The van der Waals surface area contributed by atoms with Crippen molar-refractivity contribution in [2.75, 3.05) is 0 Å². The van der Waals surface area contributed by atoms with Crippen LogP contribution in [0.3, 0.4) is 0 Å². The first-order valence-electron chi connectivity index (χ1n) is 4.64. The maximum absolute atomic E-state index is 5.77. The smallest absolute Gasteiger partial charge is 0.0815 e. The van der Waals surface area contributed by atoms with E-state index < -0.39 is 0 Å². The molecule has 2 radical (unpaired) electrons. The lowest BCUT2D eigenvalue weighted by Gasteiger charge is -2.14. The van der Waals surface area contributed by atoms with Crippen molar-refractivity contribution < 1.29 is 0 Å². The van der Waals surface area contributed by atoms with Crippen LogP contribution in [0.4, 0.5) is 0 Å². The van der Waals surface area contributed by atoms with Gasteiger partial charge in [0.05, 0.1) is 7.85 Å². The number of hydrogen-bond acceptors (Lipinski definition) is 1. The molecule has 0 heterocycles. The Morgan fingerprint density at radius 1 is 1.15 bits per heavy atom. The van der Waals surface area contributed by atoms with Crippen molar-refractivity contribution >= 4 is 14.1 Å². The molecule has 0 aliphatic carbocycles. The van der Waals surface area contributed by atoms with Crippen molar-refractivity contribution in [3.05, 3.63) is 11.8 Å². The predicted octanol–water partition coefficient (Wildman–Crippen LogP) is 3.37. The number of rotatable bonds is 2. The van der Waals surface area contributed by atoms with Crippen LogP contribution < -0.4 is 0 Å². The zero-order chi connectivity index (χ0) is 10.7. The summed E-state index contributed by atoms with van der Waals surface area (Å²) < 4.78 is 0. The van der Waals surface area contributed by atoms with Crippen LogP contribution in [0.15, 0.2) is 16.8 Å². The Morgan fingerprint density at radius 2 is 1.62 bits per heavy atom. The van der Waals surface area contributed by atoms with Crippen molar-refractivity contribution in [2.45, 2.75) is 46.9 Å². The second kappa shape index (κ2) is 4.12. The molecule has 0 spiro atoms. The van der Waals surface area contributed by atoms with Gasteiger partial charge in [0.1, 0.15) is 0 Å². The highest BCUT2D eigenvalue weighted by atomic mass is 14.7. The summed E-state index contributed by atoms with van der Waals surface area (Å²) in [5.41, 5.74) is 1.20. The zero-order valence-electron chi connectivity index (χ0n) is 9.68. The first-order valence-corrected chi connectivity index (χ1v) is 4.64. The third kappa shape index (κ3) is 9.39. The molecule has 0 amide bonds. The Balaban J connectivity index is 4.40. The fourth-order valence-electron chi connectivity index (χ4n) is 0.932. The molecule has 0 saturated carbocycles. The Morgan fingerprint density at radius 3 is 1.92 bits per heavy atom. The molecule has 2 heteroatoms. The van der Waals surface area contributed by atoms with Crippen LogP contribution in [-0.2, 0) is 0 Å². The molecule has 0 aliphatic rings. The summed E-state index contributed by atoms with van der Waals surface area (Å²) in [6.45, 7) is 12.3. The molecular weight excluding hydrogens is 157 g/mol. The van der Waals surface area contributed by atoms with E-state index in [1.165, 1.54) is 0 Å². The van der Waals surface area contributed by atoms with Gasteiger partial charge < -0.3 is 0 Å². The quantitative estimate of drug-likeness (QED) is 0.453. The van der Waals surface area contributed by atoms with E-state index in [2.05, 4.69) is 31.8 Å². The Bertz CT molecular complexity index is 213. The molecular formula is C11H20BN. The van der Waals surface area contributed by atoms with Crippen molar-refractivity contribution in [1.82, 2.24) is 0 Å². The summed E-state index contributed by atoms with van der Waals surface area (Å²) in [5.74, 6) is 0. The van der Waals surface area contributed by atoms with Crippen LogP contribution in [0.5, 0.6) is 0 Å². The van der Waals surface area contributed by atoms with Crippen LogP contribution in [-0.4, -0.2) is 14.1 Å². The molecule has 0 fully saturated rings. The molecule has 0 bridgehead atoms. The predicted molar refractivity (Wildman–Crippen MR) is 61.5 cm³/mol. The lowest BCUT2D eigenvalue weighted by atomic mass is 9.74. The molecule has 0 saturated heterocycles. The molecule has 0 unspecified atom stereocenters. The lowest BCUT2D eigenvalue weighted by Crippen LogP contribution is -2.04. The lowest BCUT2D eigenvalue weighted by molar-refractivity contribution is 0.539. The van der Waals surface area contributed by atoms with Gasteiger partial charge in [-0.15, -0.1) is 0 Å². The van der Waals surface area contributed by atoms with Gasteiger partial charge in [-0.1, -0.05) is 40.7 Å². The summed E-state index contributed by atoms with van der Waals surface area (Å²) in [7, 11) is 5.77. The second-order valence-corrected chi connectivity index (χ2v) is 5.23. The van der Waals surface area contributed by atoms with Gasteiger partial charge in [0.25, 0.3) is 0 Å². The van der Waals surface area contributed by atoms with Crippen LogP contribution in [0.1, 0.15) is 41.5 Å². The van der Waals surface area contributed by atoms with Crippen LogP contribution in [0.25, 0.3) is 0 Å². The molecule has 0 aromatic carbocycles. The van der Waals surface area contributed by atoms with E-state index in [4.69, 9.17) is 7.85 Å². The molecule has 0 aromatic rings. The Hall–Kier alpha value is -0.525. The van der Waals surface area contributed by atoms with Gasteiger partial charge in [-0.25, -0.2) is 0 Å². The van der Waals surface area contributed by atoms with E-state index in [0.717, 1.165) is 5.70 Å². The topological polar surface area (TPSA) is 12.4 Å².